The lowest BCUT2D eigenvalue weighted by atomic mass is 9.76. The van der Waals surface area contributed by atoms with Crippen LogP contribution in [0, 0.1) is 11.8 Å². The van der Waals surface area contributed by atoms with Crippen LogP contribution in [0.1, 0.15) is 26.2 Å². The third kappa shape index (κ3) is 1.48. The molecule has 1 aliphatic heterocycles. The number of fused-ring (bicyclic) bond motifs is 1. The molecule has 0 aromatic heterocycles. The molecule has 0 radical (unpaired) electrons. The monoisotopic (exact) mass is 151 g/mol. The third-order valence-corrected chi connectivity index (χ3v) is 3.12. The van der Waals surface area contributed by atoms with Crippen LogP contribution in [0.4, 0.5) is 0 Å². The van der Waals surface area contributed by atoms with E-state index in [1.54, 1.807) is 5.57 Å². The summed E-state index contributed by atoms with van der Waals surface area (Å²) < 4.78 is 0. The molecule has 2 aliphatic rings. The highest BCUT2D eigenvalue weighted by Crippen LogP contribution is 2.32. The van der Waals surface area contributed by atoms with Crippen LogP contribution in [0.5, 0.6) is 0 Å². The maximum Gasteiger partial charge on any atom is -0.00148 e. The molecule has 2 rings (SSSR count). The van der Waals surface area contributed by atoms with Gasteiger partial charge in [-0.15, -0.1) is 0 Å². The van der Waals surface area contributed by atoms with Crippen LogP contribution in [0.3, 0.4) is 0 Å². The van der Waals surface area contributed by atoms with E-state index in [0.29, 0.717) is 0 Å². The fraction of sp³-hybridized carbons (Fsp3) is 0.800. The normalized spacial score (nSPS) is 37.7. The van der Waals surface area contributed by atoms with Gasteiger partial charge in [0.2, 0.25) is 0 Å². The van der Waals surface area contributed by atoms with Crippen molar-refractivity contribution in [3.05, 3.63) is 11.6 Å². The zero-order chi connectivity index (χ0) is 7.68. The Balaban J connectivity index is 2.04. The highest BCUT2D eigenvalue weighted by molar-refractivity contribution is 5.06. The first kappa shape index (κ1) is 7.35. The SMILES string of the molecule is CC1=CCC2CNCCC2C1. The van der Waals surface area contributed by atoms with Crippen molar-refractivity contribution >= 4 is 0 Å². The van der Waals surface area contributed by atoms with Crippen molar-refractivity contribution in [3.8, 4) is 0 Å². The summed E-state index contributed by atoms with van der Waals surface area (Å²) in [5.74, 6) is 1.95. The fourth-order valence-electron chi connectivity index (χ4n) is 2.37. The van der Waals surface area contributed by atoms with Gasteiger partial charge in [-0.2, -0.15) is 0 Å². The maximum absolute atomic E-state index is 3.47. The van der Waals surface area contributed by atoms with Crippen LogP contribution < -0.4 is 5.32 Å². The molecule has 0 saturated carbocycles. The zero-order valence-electron chi connectivity index (χ0n) is 7.27. The quantitative estimate of drug-likeness (QED) is 0.522. The molecule has 1 N–H and O–H groups in total. The van der Waals surface area contributed by atoms with E-state index in [0.717, 1.165) is 11.8 Å². The Hall–Kier alpha value is -0.300. The van der Waals surface area contributed by atoms with Crippen LogP contribution in [0.2, 0.25) is 0 Å². The highest BCUT2D eigenvalue weighted by atomic mass is 14.9. The summed E-state index contributed by atoms with van der Waals surface area (Å²) in [6, 6.07) is 0. The molecule has 1 nitrogen and oxygen atoms in total. The van der Waals surface area contributed by atoms with Crippen molar-refractivity contribution in [2.45, 2.75) is 26.2 Å². The predicted octanol–water partition coefficient (Wildman–Crippen LogP) is 1.95. The summed E-state index contributed by atoms with van der Waals surface area (Å²) in [7, 11) is 0. The first-order chi connectivity index (χ1) is 5.36. The lowest BCUT2D eigenvalue weighted by molar-refractivity contribution is 0.243. The molecule has 0 amide bonds. The van der Waals surface area contributed by atoms with Crippen LogP contribution in [0.25, 0.3) is 0 Å². The van der Waals surface area contributed by atoms with Gasteiger partial charge < -0.3 is 5.32 Å². The first-order valence-electron chi connectivity index (χ1n) is 4.72. The molecule has 2 atom stereocenters. The van der Waals surface area contributed by atoms with Gasteiger partial charge in [-0.3, -0.25) is 0 Å². The lowest BCUT2D eigenvalue weighted by Gasteiger charge is -2.34. The molecule has 1 fully saturated rings. The fourth-order valence-corrected chi connectivity index (χ4v) is 2.37. The number of nitrogens with one attached hydrogen (secondary N) is 1. The summed E-state index contributed by atoms with van der Waals surface area (Å²) >= 11 is 0. The van der Waals surface area contributed by atoms with Crippen LogP contribution in [-0.2, 0) is 0 Å². The Labute approximate surface area is 68.9 Å². The van der Waals surface area contributed by atoms with Gasteiger partial charge in [0.1, 0.15) is 0 Å². The van der Waals surface area contributed by atoms with E-state index in [2.05, 4.69) is 18.3 Å². The van der Waals surface area contributed by atoms with Crippen LogP contribution >= 0.6 is 0 Å². The van der Waals surface area contributed by atoms with Crippen molar-refractivity contribution in [2.75, 3.05) is 13.1 Å². The van der Waals surface area contributed by atoms with Gasteiger partial charge in [0.25, 0.3) is 0 Å². The van der Waals surface area contributed by atoms with E-state index >= 15 is 0 Å². The molecule has 0 bridgehead atoms. The van der Waals surface area contributed by atoms with Gasteiger partial charge in [-0.05, 0) is 51.1 Å². The third-order valence-electron chi connectivity index (χ3n) is 3.12. The van der Waals surface area contributed by atoms with Gasteiger partial charge in [0.05, 0.1) is 0 Å². The Kier molecular flexibility index (Phi) is 1.99. The first-order valence-corrected chi connectivity index (χ1v) is 4.72. The molecule has 2 unspecified atom stereocenters. The number of piperidine rings is 1. The molecule has 1 aliphatic carbocycles. The lowest BCUT2D eigenvalue weighted by Crippen LogP contribution is -2.37. The second-order valence-corrected chi connectivity index (χ2v) is 4.00. The molecule has 1 saturated heterocycles. The van der Waals surface area contributed by atoms with Crippen molar-refractivity contribution < 1.29 is 0 Å². The second-order valence-electron chi connectivity index (χ2n) is 4.00. The summed E-state index contributed by atoms with van der Waals surface area (Å²) in [4.78, 5) is 0. The topological polar surface area (TPSA) is 12.0 Å². The number of hydrogen-bond acceptors (Lipinski definition) is 1. The molecule has 1 heterocycles. The summed E-state index contributed by atoms with van der Waals surface area (Å²) in [5.41, 5.74) is 1.62. The van der Waals surface area contributed by atoms with Crippen LogP contribution in [-0.4, -0.2) is 13.1 Å². The van der Waals surface area contributed by atoms with E-state index in [9.17, 15) is 0 Å². The molecule has 0 aromatic rings. The second kappa shape index (κ2) is 2.98. The van der Waals surface area contributed by atoms with Gasteiger partial charge >= 0.3 is 0 Å². The maximum atomic E-state index is 3.47. The zero-order valence-corrected chi connectivity index (χ0v) is 7.27. The van der Waals surface area contributed by atoms with Gasteiger partial charge in [-0.25, -0.2) is 0 Å². The standard InChI is InChI=1S/C10H17N/c1-8-2-3-10-7-11-5-4-9(10)6-8/h2,9-11H,3-7H2,1H3. The molecule has 62 valence electrons. The number of hydrogen-bond donors (Lipinski definition) is 1. The van der Waals surface area contributed by atoms with Crippen molar-refractivity contribution in [3.63, 3.8) is 0 Å². The van der Waals surface area contributed by atoms with E-state index in [1.165, 1.54) is 32.4 Å². The minimum absolute atomic E-state index is 0.951. The Morgan fingerprint density at radius 3 is 3.27 bits per heavy atom. The van der Waals surface area contributed by atoms with E-state index < -0.39 is 0 Å². The van der Waals surface area contributed by atoms with Gasteiger partial charge in [0.15, 0.2) is 0 Å². The van der Waals surface area contributed by atoms with Crippen molar-refractivity contribution in [2.24, 2.45) is 11.8 Å². The number of allylic oxidation sites excluding steroid dienone is 2. The summed E-state index contributed by atoms with van der Waals surface area (Å²) in [6.45, 7) is 4.78. The number of rotatable bonds is 0. The minimum Gasteiger partial charge on any atom is -0.316 e. The highest BCUT2D eigenvalue weighted by Gasteiger charge is 2.26. The molecule has 11 heavy (non-hydrogen) atoms. The van der Waals surface area contributed by atoms with E-state index in [1.807, 2.05) is 0 Å². The van der Waals surface area contributed by atoms with E-state index in [4.69, 9.17) is 0 Å². The Bertz CT molecular complexity index is 172. The molecule has 0 aromatic carbocycles. The largest absolute Gasteiger partial charge is 0.316 e. The minimum atomic E-state index is 0.951. The average molecular weight is 151 g/mol. The van der Waals surface area contributed by atoms with Crippen LogP contribution in [0.15, 0.2) is 11.6 Å². The summed E-state index contributed by atoms with van der Waals surface area (Å²) in [5, 5.41) is 3.47. The average Bonchev–Trinajstić information content (AvgIpc) is 2.04. The van der Waals surface area contributed by atoms with Gasteiger partial charge in [-0.1, -0.05) is 11.6 Å². The summed E-state index contributed by atoms with van der Waals surface area (Å²) in [6.07, 6.45) is 6.51. The van der Waals surface area contributed by atoms with Crippen molar-refractivity contribution in [1.29, 1.82) is 0 Å². The van der Waals surface area contributed by atoms with Gasteiger partial charge in [0, 0.05) is 0 Å². The smallest absolute Gasteiger partial charge is 0.00148 e. The molecular formula is C10H17N. The van der Waals surface area contributed by atoms with E-state index in [-0.39, 0.29) is 0 Å². The predicted molar refractivity (Wildman–Crippen MR) is 47.5 cm³/mol. The Morgan fingerprint density at radius 2 is 2.36 bits per heavy atom. The molecule has 1 heteroatoms. The molecular weight excluding hydrogens is 134 g/mol. The Morgan fingerprint density at radius 1 is 1.45 bits per heavy atom. The molecule has 0 spiro atoms. The van der Waals surface area contributed by atoms with Crippen molar-refractivity contribution in [1.82, 2.24) is 5.32 Å².